The van der Waals surface area contributed by atoms with Gasteiger partial charge < -0.3 is 15.5 Å². The molecule has 7 nitrogen and oxygen atoms in total. The third-order valence-electron chi connectivity index (χ3n) is 6.57. The lowest BCUT2D eigenvalue weighted by Gasteiger charge is -2.47. The number of carbonyl (C=O) groups is 1. The third-order valence-corrected chi connectivity index (χ3v) is 6.57. The molecule has 170 valence electrons. The summed E-state index contributed by atoms with van der Waals surface area (Å²) in [5, 5.41) is 6.47. The number of aromatic nitrogens is 2. The van der Waals surface area contributed by atoms with E-state index >= 15 is 0 Å². The van der Waals surface area contributed by atoms with Gasteiger partial charge >= 0.3 is 6.03 Å². The number of anilines is 1. The van der Waals surface area contributed by atoms with Gasteiger partial charge in [0, 0.05) is 63.3 Å². The molecular formula is C26H30N6O. The molecule has 3 heterocycles. The number of para-hydroxylation sites is 2. The first-order chi connectivity index (χ1) is 16.2. The highest BCUT2D eigenvalue weighted by Gasteiger charge is 2.34. The minimum atomic E-state index is -0.153. The molecule has 0 saturated carbocycles. The Bertz CT molecular complexity index is 1170. The molecule has 0 bridgehead atoms. The van der Waals surface area contributed by atoms with Crippen LogP contribution in [0.15, 0.2) is 54.6 Å². The summed E-state index contributed by atoms with van der Waals surface area (Å²) in [5.74, 6) is 7.00. The molecule has 2 aliphatic heterocycles. The Balaban J connectivity index is 1.27. The first-order valence-corrected chi connectivity index (χ1v) is 11.7. The normalized spacial score (nSPS) is 20.7. The molecule has 2 fully saturated rings. The molecule has 1 amide bonds. The van der Waals surface area contributed by atoms with Crippen LogP contribution < -0.4 is 15.5 Å². The van der Waals surface area contributed by atoms with E-state index in [1.807, 2.05) is 54.6 Å². The second-order valence-electron chi connectivity index (χ2n) is 8.67. The van der Waals surface area contributed by atoms with Gasteiger partial charge in [0.15, 0.2) is 0 Å². The fraction of sp³-hybridized carbons (Fsp3) is 0.385. The lowest BCUT2D eigenvalue weighted by Crippen LogP contribution is -2.66. The summed E-state index contributed by atoms with van der Waals surface area (Å²) >= 11 is 0. The van der Waals surface area contributed by atoms with E-state index in [0.29, 0.717) is 25.0 Å². The van der Waals surface area contributed by atoms with E-state index < -0.39 is 0 Å². The van der Waals surface area contributed by atoms with E-state index in [9.17, 15) is 4.79 Å². The Morgan fingerprint density at radius 2 is 1.85 bits per heavy atom. The van der Waals surface area contributed by atoms with Crippen LogP contribution in [-0.4, -0.2) is 71.8 Å². The predicted molar refractivity (Wildman–Crippen MR) is 132 cm³/mol. The average molecular weight is 443 g/mol. The van der Waals surface area contributed by atoms with Gasteiger partial charge in [0.1, 0.15) is 0 Å². The molecule has 2 aromatic carbocycles. The molecular weight excluding hydrogens is 412 g/mol. The lowest BCUT2D eigenvalue weighted by atomic mass is 9.99. The molecule has 0 aliphatic carbocycles. The van der Waals surface area contributed by atoms with Crippen LogP contribution in [0.4, 0.5) is 10.7 Å². The van der Waals surface area contributed by atoms with Crippen molar-refractivity contribution in [1.29, 1.82) is 0 Å². The minimum absolute atomic E-state index is 0.153. The summed E-state index contributed by atoms with van der Waals surface area (Å²) in [6.07, 6.45) is 0.592. The number of carbonyl (C=O) groups excluding carboxylic acids is 1. The van der Waals surface area contributed by atoms with Crippen molar-refractivity contribution in [2.45, 2.75) is 25.4 Å². The van der Waals surface area contributed by atoms with Gasteiger partial charge in [0.25, 0.3) is 0 Å². The predicted octanol–water partition coefficient (Wildman–Crippen LogP) is 2.52. The molecule has 7 heteroatoms. The van der Waals surface area contributed by atoms with Crippen LogP contribution >= 0.6 is 0 Å². The van der Waals surface area contributed by atoms with Crippen molar-refractivity contribution in [1.82, 2.24) is 25.1 Å². The topological polar surface area (TPSA) is 65.4 Å². The molecule has 33 heavy (non-hydrogen) atoms. The Morgan fingerprint density at radius 3 is 2.58 bits per heavy atom. The quantitative estimate of drug-likeness (QED) is 0.480. The first kappa shape index (κ1) is 21.5. The van der Waals surface area contributed by atoms with Crippen LogP contribution in [-0.2, 0) is 0 Å². The van der Waals surface area contributed by atoms with Gasteiger partial charge in [-0.05, 0) is 31.2 Å². The fourth-order valence-electron chi connectivity index (χ4n) is 4.58. The average Bonchev–Trinajstić information content (AvgIpc) is 3.23. The summed E-state index contributed by atoms with van der Waals surface area (Å²) in [6, 6.07) is 18.7. The van der Waals surface area contributed by atoms with Crippen molar-refractivity contribution in [3.8, 4) is 11.8 Å². The van der Waals surface area contributed by atoms with Crippen LogP contribution in [0.1, 0.15) is 18.9 Å². The molecule has 0 spiro atoms. The van der Waals surface area contributed by atoms with E-state index in [-0.39, 0.29) is 6.03 Å². The number of amides is 1. The molecule has 0 radical (unpaired) electrons. The maximum absolute atomic E-state index is 13.2. The van der Waals surface area contributed by atoms with Gasteiger partial charge in [-0.3, -0.25) is 4.90 Å². The van der Waals surface area contributed by atoms with Crippen molar-refractivity contribution in [2.75, 3.05) is 44.2 Å². The summed E-state index contributed by atoms with van der Waals surface area (Å²) < 4.78 is 1.73. The summed E-state index contributed by atoms with van der Waals surface area (Å²) in [6.45, 7) is 7.49. The van der Waals surface area contributed by atoms with Crippen molar-refractivity contribution < 1.29 is 4.79 Å². The molecule has 2 saturated heterocycles. The van der Waals surface area contributed by atoms with Gasteiger partial charge in [0.2, 0.25) is 5.95 Å². The zero-order valence-electron chi connectivity index (χ0n) is 19.0. The first-order valence-electron chi connectivity index (χ1n) is 11.7. The number of piperazine rings is 1. The number of nitrogens with zero attached hydrogens (tertiary/aromatic N) is 4. The van der Waals surface area contributed by atoms with Crippen LogP contribution in [0.5, 0.6) is 0 Å². The largest absolute Gasteiger partial charge is 0.339 e. The van der Waals surface area contributed by atoms with Crippen molar-refractivity contribution >= 4 is 23.0 Å². The molecule has 2 aliphatic rings. The zero-order chi connectivity index (χ0) is 22.6. The van der Waals surface area contributed by atoms with Gasteiger partial charge in [-0.1, -0.05) is 42.2 Å². The second kappa shape index (κ2) is 9.65. The molecule has 1 aromatic heterocycles. The summed E-state index contributed by atoms with van der Waals surface area (Å²) in [5.41, 5.74) is 2.66. The molecule has 3 aromatic rings. The number of hydrogen-bond acceptors (Lipinski definition) is 5. The number of nitrogens with one attached hydrogen (secondary N) is 2. The highest BCUT2D eigenvalue weighted by Crippen LogP contribution is 2.24. The Labute approximate surface area is 194 Å². The maximum atomic E-state index is 13.2. The molecule has 2 unspecified atom stereocenters. The smallest absolute Gasteiger partial charge is 0.328 e. The van der Waals surface area contributed by atoms with Gasteiger partial charge in [0.05, 0.1) is 11.0 Å². The summed E-state index contributed by atoms with van der Waals surface area (Å²) in [7, 11) is 0. The van der Waals surface area contributed by atoms with Crippen molar-refractivity contribution in [3.05, 3.63) is 60.2 Å². The maximum Gasteiger partial charge on any atom is 0.328 e. The van der Waals surface area contributed by atoms with E-state index in [1.165, 1.54) is 0 Å². The monoisotopic (exact) mass is 442 g/mol. The van der Waals surface area contributed by atoms with Crippen molar-refractivity contribution in [3.63, 3.8) is 0 Å². The highest BCUT2D eigenvalue weighted by molar-refractivity contribution is 5.93. The van der Waals surface area contributed by atoms with E-state index in [2.05, 4.69) is 39.2 Å². The number of benzene rings is 2. The Kier molecular flexibility index (Phi) is 6.29. The van der Waals surface area contributed by atoms with Crippen molar-refractivity contribution in [2.24, 2.45) is 0 Å². The minimum Gasteiger partial charge on any atom is -0.339 e. The second-order valence-corrected chi connectivity index (χ2v) is 8.67. The Hall–Kier alpha value is -3.34. The molecule has 5 rings (SSSR count). The number of fused-ring (bicyclic) bond motifs is 1. The number of rotatable bonds is 4. The van der Waals surface area contributed by atoms with E-state index in [0.717, 1.165) is 55.3 Å². The van der Waals surface area contributed by atoms with Crippen LogP contribution in [0.2, 0.25) is 0 Å². The van der Waals surface area contributed by atoms with Gasteiger partial charge in [-0.25, -0.2) is 14.3 Å². The van der Waals surface area contributed by atoms with Crippen LogP contribution in [0, 0.1) is 11.8 Å². The fourth-order valence-corrected chi connectivity index (χ4v) is 4.58. The highest BCUT2D eigenvalue weighted by atomic mass is 16.2. The van der Waals surface area contributed by atoms with Crippen LogP contribution in [0.3, 0.4) is 0 Å². The zero-order valence-corrected chi connectivity index (χ0v) is 19.0. The van der Waals surface area contributed by atoms with Crippen LogP contribution in [0.25, 0.3) is 11.0 Å². The number of imidazole rings is 1. The van der Waals surface area contributed by atoms with E-state index in [1.54, 1.807) is 4.57 Å². The van der Waals surface area contributed by atoms with Gasteiger partial charge in [-0.15, -0.1) is 0 Å². The molecule has 2 atom stereocenters. The SMILES string of the molecule is CC1NCC1N1CCN(c2nc3ccccc3n2C(=O)NCCC#Cc2ccccc2)CC1. The summed E-state index contributed by atoms with van der Waals surface area (Å²) in [4.78, 5) is 22.8. The number of hydrogen-bond donors (Lipinski definition) is 2. The molecule has 2 N–H and O–H groups in total. The lowest BCUT2D eigenvalue weighted by molar-refractivity contribution is 0.0980. The third kappa shape index (κ3) is 4.58. The van der Waals surface area contributed by atoms with Gasteiger partial charge in [-0.2, -0.15) is 0 Å². The Morgan fingerprint density at radius 1 is 1.09 bits per heavy atom. The standard InChI is InChI=1S/C26H30N6O/c1-20-24(19-28-20)30-15-17-31(18-16-30)25-29-22-12-5-6-13-23(22)32(25)26(33)27-14-8-7-11-21-9-3-2-4-10-21/h2-6,9-10,12-13,20,24,28H,8,14-19H2,1H3,(H,27,33). The van der Waals surface area contributed by atoms with E-state index in [4.69, 9.17) is 4.98 Å².